The largest absolute Gasteiger partial charge is 0.347 e. The number of nitrogens with zero attached hydrogens (tertiary/aromatic N) is 2. The monoisotopic (exact) mass is 264 g/mol. The van der Waals surface area contributed by atoms with Crippen LogP contribution in [0.25, 0.3) is 0 Å². The predicted octanol–water partition coefficient (Wildman–Crippen LogP) is 0.844. The summed E-state index contributed by atoms with van der Waals surface area (Å²) < 4.78 is 0. The van der Waals surface area contributed by atoms with E-state index in [9.17, 15) is 9.59 Å². The number of aromatic amines is 1. The fraction of sp³-hybridized carbons (Fsp3) is 0.615. The summed E-state index contributed by atoms with van der Waals surface area (Å²) in [5, 5.41) is 2.89. The number of hydrogen-bond acceptors (Lipinski definition) is 3. The van der Waals surface area contributed by atoms with Crippen LogP contribution < -0.4 is 5.32 Å². The highest BCUT2D eigenvalue weighted by atomic mass is 16.2. The minimum Gasteiger partial charge on any atom is -0.347 e. The molecule has 1 aromatic rings. The van der Waals surface area contributed by atoms with Gasteiger partial charge in [-0.2, -0.15) is 0 Å². The Balaban J connectivity index is 1.93. The van der Waals surface area contributed by atoms with Crippen LogP contribution in [0, 0.1) is 5.92 Å². The van der Waals surface area contributed by atoms with Gasteiger partial charge in [0.25, 0.3) is 0 Å². The lowest BCUT2D eigenvalue weighted by Gasteiger charge is -2.21. The number of nitrogens with one attached hydrogen (secondary N) is 2. The Morgan fingerprint density at radius 3 is 2.79 bits per heavy atom. The summed E-state index contributed by atoms with van der Waals surface area (Å²) in [5.41, 5.74) is 0. The van der Waals surface area contributed by atoms with Gasteiger partial charge in [-0.05, 0) is 20.8 Å². The lowest BCUT2D eigenvalue weighted by Crippen LogP contribution is -2.36. The SMILES string of the molecule is CC(NC(=O)C1CC(=O)N(C(C)C)C1)c1ncc[nH]1. The summed E-state index contributed by atoms with van der Waals surface area (Å²) in [6.07, 6.45) is 3.67. The molecule has 2 atom stereocenters. The van der Waals surface area contributed by atoms with Crippen molar-refractivity contribution in [2.24, 2.45) is 5.92 Å². The minimum absolute atomic E-state index is 0.0563. The average Bonchev–Trinajstić information content (AvgIpc) is 2.96. The second kappa shape index (κ2) is 5.42. The molecule has 2 amide bonds. The predicted molar refractivity (Wildman–Crippen MR) is 70.1 cm³/mol. The normalized spacial score (nSPS) is 20.9. The smallest absolute Gasteiger partial charge is 0.226 e. The molecule has 2 N–H and O–H groups in total. The third-order valence-corrected chi connectivity index (χ3v) is 3.44. The van der Waals surface area contributed by atoms with E-state index in [1.54, 1.807) is 17.3 Å². The number of hydrogen-bond donors (Lipinski definition) is 2. The molecule has 0 aromatic carbocycles. The number of H-pyrrole nitrogens is 1. The van der Waals surface area contributed by atoms with E-state index >= 15 is 0 Å². The molecule has 6 heteroatoms. The van der Waals surface area contributed by atoms with Crippen LogP contribution in [0.2, 0.25) is 0 Å². The third-order valence-electron chi connectivity index (χ3n) is 3.44. The van der Waals surface area contributed by atoms with Crippen LogP contribution in [-0.4, -0.2) is 39.3 Å². The lowest BCUT2D eigenvalue weighted by atomic mass is 10.1. The van der Waals surface area contributed by atoms with E-state index in [2.05, 4.69) is 15.3 Å². The van der Waals surface area contributed by atoms with Gasteiger partial charge in [-0.15, -0.1) is 0 Å². The summed E-state index contributed by atoms with van der Waals surface area (Å²) in [4.78, 5) is 32.7. The van der Waals surface area contributed by atoms with Crippen LogP contribution >= 0.6 is 0 Å². The van der Waals surface area contributed by atoms with Crippen molar-refractivity contribution >= 4 is 11.8 Å². The van der Waals surface area contributed by atoms with Gasteiger partial charge in [-0.25, -0.2) is 4.98 Å². The first-order valence-corrected chi connectivity index (χ1v) is 6.58. The minimum atomic E-state index is -0.257. The topological polar surface area (TPSA) is 78.1 Å². The van der Waals surface area contributed by atoms with Gasteiger partial charge in [-0.3, -0.25) is 9.59 Å². The van der Waals surface area contributed by atoms with Gasteiger partial charge in [-0.1, -0.05) is 0 Å². The van der Waals surface area contributed by atoms with Crippen molar-refractivity contribution in [3.8, 4) is 0 Å². The Bertz CT molecular complexity index is 455. The Hall–Kier alpha value is -1.85. The van der Waals surface area contributed by atoms with Gasteiger partial charge in [0.05, 0.1) is 12.0 Å². The molecule has 1 aliphatic heterocycles. The molecule has 0 saturated carbocycles. The summed E-state index contributed by atoms with van der Waals surface area (Å²) >= 11 is 0. The molecule has 1 aromatic heterocycles. The first-order valence-electron chi connectivity index (χ1n) is 6.58. The summed E-state index contributed by atoms with van der Waals surface area (Å²) in [7, 11) is 0. The summed E-state index contributed by atoms with van der Waals surface area (Å²) in [6, 6.07) is -0.0292. The Kier molecular flexibility index (Phi) is 3.87. The molecule has 1 fully saturated rings. The van der Waals surface area contributed by atoms with Gasteiger partial charge in [0.2, 0.25) is 11.8 Å². The zero-order chi connectivity index (χ0) is 14.0. The zero-order valence-electron chi connectivity index (χ0n) is 11.5. The van der Waals surface area contributed by atoms with Crippen LogP contribution in [0.15, 0.2) is 12.4 Å². The highest BCUT2D eigenvalue weighted by Crippen LogP contribution is 2.21. The lowest BCUT2D eigenvalue weighted by molar-refractivity contribution is -0.130. The molecule has 6 nitrogen and oxygen atoms in total. The van der Waals surface area contributed by atoms with Gasteiger partial charge in [0, 0.05) is 31.4 Å². The molecule has 104 valence electrons. The van der Waals surface area contributed by atoms with E-state index < -0.39 is 0 Å². The number of likely N-dealkylation sites (tertiary alicyclic amines) is 1. The highest BCUT2D eigenvalue weighted by molar-refractivity contribution is 5.89. The van der Waals surface area contributed by atoms with E-state index in [1.165, 1.54) is 0 Å². The molecular formula is C13H20N4O2. The van der Waals surface area contributed by atoms with Crippen molar-refractivity contribution in [1.29, 1.82) is 0 Å². The zero-order valence-corrected chi connectivity index (χ0v) is 11.5. The van der Waals surface area contributed by atoms with E-state index in [0.717, 1.165) is 5.82 Å². The van der Waals surface area contributed by atoms with E-state index in [0.29, 0.717) is 13.0 Å². The standard InChI is InChI=1S/C13H20N4O2/c1-8(2)17-7-10(6-11(17)18)13(19)16-9(3)12-14-4-5-15-12/h4-5,8-10H,6-7H2,1-3H3,(H,14,15)(H,16,19). The average molecular weight is 264 g/mol. The summed E-state index contributed by atoms with van der Waals surface area (Å²) in [5.74, 6) is 0.437. The van der Waals surface area contributed by atoms with E-state index in [1.807, 2.05) is 20.8 Å². The highest BCUT2D eigenvalue weighted by Gasteiger charge is 2.35. The molecule has 0 bridgehead atoms. The molecule has 19 heavy (non-hydrogen) atoms. The maximum Gasteiger partial charge on any atom is 0.226 e. The van der Waals surface area contributed by atoms with Crippen LogP contribution in [0.3, 0.4) is 0 Å². The second-order valence-corrected chi connectivity index (χ2v) is 5.25. The molecule has 2 unspecified atom stereocenters. The van der Waals surface area contributed by atoms with Crippen molar-refractivity contribution < 1.29 is 9.59 Å². The van der Waals surface area contributed by atoms with Gasteiger partial charge >= 0.3 is 0 Å². The summed E-state index contributed by atoms with van der Waals surface area (Å²) in [6.45, 7) is 6.30. The fourth-order valence-corrected chi connectivity index (χ4v) is 2.32. The van der Waals surface area contributed by atoms with Crippen molar-refractivity contribution in [2.75, 3.05) is 6.54 Å². The van der Waals surface area contributed by atoms with E-state index in [4.69, 9.17) is 0 Å². The Labute approximate surface area is 112 Å². The number of imidazole rings is 1. The third kappa shape index (κ3) is 2.94. The van der Waals surface area contributed by atoms with E-state index in [-0.39, 0.29) is 29.8 Å². The van der Waals surface area contributed by atoms with Crippen molar-refractivity contribution in [2.45, 2.75) is 39.3 Å². The molecule has 2 heterocycles. The second-order valence-electron chi connectivity index (χ2n) is 5.25. The molecule has 2 rings (SSSR count). The number of carbonyl (C=O) groups is 2. The Morgan fingerprint density at radius 2 is 2.26 bits per heavy atom. The molecule has 1 aliphatic rings. The Morgan fingerprint density at radius 1 is 1.53 bits per heavy atom. The van der Waals surface area contributed by atoms with Crippen LogP contribution in [0.1, 0.15) is 39.1 Å². The maximum atomic E-state index is 12.1. The maximum absolute atomic E-state index is 12.1. The number of aromatic nitrogens is 2. The number of amides is 2. The first kappa shape index (κ1) is 13.6. The van der Waals surface area contributed by atoms with Crippen LogP contribution in [0.4, 0.5) is 0 Å². The molecule has 0 radical (unpaired) electrons. The van der Waals surface area contributed by atoms with Gasteiger partial charge in [0.15, 0.2) is 0 Å². The van der Waals surface area contributed by atoms with Crippen LogP contribution in [-0.2, 0) is 9.59 Å². The molecule has 0 aliphatic carbocycles. The van der Waals surface area contributed by atoms with Crippen molar-refractivity contribution in [3.05, 3.63) is 18.2 Å². The van der Waals surface area contributed by atoms with Crippen molar-refractivity contribution in [3.63, 3.8) is 0 Å². The quantitative estimate of drug-likeness (QED) is 0.846. The molecule has 0 spiro atoms. The molecular weight excluding hydrogens is 244 g/mol. The van der Waals surface area contributed by atoms with Crippen molar-refractivity contribution in [1.82, 2.24) is 20.2 Å². The fourth-order valence-electron chi connectivity index (χ4n) is 2.32. The number of carbonyl (C=O) groups excluding carboxylic acids is 2. The first-order chi connectivity index (χ1) is 8.99. The molecule has 1 saturated heterocycles. The van der Waals surface area contributed by atoms with Gasteiger partial charge < -0.3 is 15.2 Å². The van der Waals surface area contributed by atoms with Crippen LogP contribution in [0.5, 0.6) is 0 Å². The van der Waals surface area contributed by atoms with Gasteiger partial charge in [0.1, 0.15) is 5.82 Å². The number of rotatable bonds is 4.